The van der Waals surface area contributed by atoms with E-state index in [-0.39, 0.29) is 0 Å². The van der Waals surface area contributed by atoms with Gasteiger partial charge in [0.2, 0.25) is 0 Å². The van der Waals surface area contributed by atoms with E-state index in [4.69, 9.17) is 0 Å². The third kappa shape index (κ3) is 2.99. The first-order valence-corrected chi connectivity index (χ1v) is 6.70. The Hall–Kier alpha value is -1.60. The van der Waals surface area contributed by atoms with E-state index in [0.717, 1.165) is 13.0 Å². The average Bonchev–Trinajstić information content (AvgIpc) is 2.45. The Balaban J connectivity index is 2.31. The van der Waals surface area contributed by atoms with E-state index in [0.29, 0.717) is 6.04 Å². The van der Waals surface area contributed by atoms with Crippen LogP contribution in [0.3, 0.4) is 0 Å². The summed E-state index contributed by atoms with van der Waals surface area (Å²) in [5, 5.41) is 3.56. The van der Waals surface area contributed by atoms with E-state index in [9.17, 15) is 0 Å². The van der Waals surface area contributed by atoms with Crippen molar-refractivity contribution in [3.05, 3.63) is 60.2 Å². The Kier molecular flexibility index (Phi) is 4.54. The molecule has 2 rings (SSSR count). The van der Waals surface area contributed by atoms with Crippen LogP contribution in [0.2, 0.25) is 0 Å². The van der Waals surface area contributed by atoms with E-state index in [1.54, 1.807) is 0 Å². The smallest absolute Gasteiger partial charge is 0.0297 e. The number of rotatable bonds is 5. The number of nitrogens with one attached hydrogen (secondary N) is 1. The van der Waals surface area contributed by atoms with Gasteiger partial charge in [-0.1, -0.05) is 61.5 Å². The molecule has 2 aromatic rings. The van der Waals surface area contributed by atoms with Crippen LogP contribution in [0.1, 0.15) is 31.9 Å². The van der Waals surface area contributed by atoms with Crippen molar-refractivity contribution in [2.45, 2.75) is 26.3 Å². The molecular weight excluding hydrogens is 218 g/mol. The fourth-order valence-electron chi connectivity index (χ4n) is 2.23. The normalized spacial score (nSPS) is 12.3. The monoisotopic (exact) mass is 239 g/mol. The van der Waals surface area contributed by atoms with Gasteiger partial charge in [0, 0.05) is 6.04 Å². The van der Waals surface area contributed by atoms with Crippen molar-refractivity contribution in [3.63, 3.8) is 0 Å². The first kappa shape index (κ1) is 12.8. The standard InChI is InChI=1S/C17H21N/c1-3-13-18-14(2)16-11-7-8-12-17(16)15-9-5-4-6-10-15/h4-12,14,18H,3,13H2,1-2H3. The second-order valence-corrected chi connectivity index (χ2v) is 4.63. The fourth-order valence-corrected chi connectivity index (χ4v) is 2.23. The zero-order valence-electron chi connectivity index (χ0n) is 11.2. The molecule has 0 fully saturated rings. The highest BCUT2D eigenvalue weighted by Crippen LogP contribution is 2.27. The van der Waals surface area contributed by atoms with Gasteiger partial charge in [0.1, 0.15) is 0 Å². The molecule has 0 saturated carbocycles. The van der Waals surface area contributed by atoms with Gasteiger partial charge >= 0.3 is 0 Å². The summed E-state index contributed by atoms with van der Waals surface area (Å²) in [6.45, 7) is 5.49. The Bertz CT molecular complexity index is 476. The van der Waals surface area contributed by atoms with E-state index >= 15 is 0 Å². The zero-order chi connectivity index (χ0) is 12.8. The summed E-state index contributed by atoms with van der Waals surface area (Å²) < 4.78 is 0. The summed E-state index contributed by atoms with van der Waals surface area (Å²) in [7, 11) is 0. The molecule has 2 aromatic carbocycles. The lowest BCUT2D eigenvalue weighted by molar-refractivity contribution is 0.572. The molecule has 1 atom stereocenters. The van der Waals surface area contributed by atoms with Crippen molar-refractivity contribution in [1.82, 2.24) is 5.32 Å². The Morgan fingerprint density at radius 2 is 1.61 bits per heavy atom. The van der Waals surface area contributed by atoms with Crippen LogP contribution in [0, 0.1) is 0 Å². The van der Waals surface area contributed by atoms with Crippen LogP contribution in [0.5, 0.6) is 0 Å². The van der Waals surface area contributed by atoms with Gasteiger partial charge in [-0.2, -0.15) is 0 Å². The molecule has 1 nitrogen and oxygen atoms in total. The summed E-state index contributed by atoms with van der Waals surface area (Å²) in [5.41, 5.74) is 3.99. The Morgan fingerprint density at radius 1 is 0.944 bits per heavy atom. The van der Waals surface area contributed by atoms with Gasteiger partial charge < -0.3 is 5.32 Å². The van der Waals surface area contributed by atoms with Crippen molar-refractivity contribution in [2.24, 2.45) is 0 Å². The molecule has 0 aromatic heterocycles. The minimum atomic E-state index is 0.390. The van der Waals surface area contributed by atoms with Crippen LogP contribution in [0.4, 0.5) is 0 Å². The van der Waals surface area contributed by atoms with Crippen LogP contribution >= 0.6 is 0 Å². The fraction of sp³-hybridized carbons (Fsp3) is 0.294. The second-order valence-electron chi connectivity index (χ2n) is 4.63. The molecule has 18 heavy (non-hydrogen) atoms. The van der Waals surface area contributed by atoms with Crippen molar-refractivity contribution >= 4 is 0 Å². The molecule has 0 spiro atoms. The Morgan fingerprint density at radius 3 is 2.33 bits per heavy atom. The van der Waals surface area contributed by atoms with Crippen molar-refractivity contribution in [3.8, 4) is 11.1 Å². The third-order valence-electron chi connectivity index (χ3n) is 3.21. The lowest BCUT2D eigenvalue weighted by Crippen LogP contribution is -2.19. The molecule has 0 aliphatic rings. The molecule has 1 unspecified atom stereocenters. The highest BCUT2D eigenvalue weighted by atomic mass is 14.9. The van der Waals surface area contributed by atoms with Crippen molar-refractivity contribution < 1.29 is 0 Å². The highest BCUT2D eigenvalue weighted by molar-refractivity contribution is 5.67. The summed E-state index contributed by atoms with van der Waals surface area (Å²) in [6.07, 6.45) is 1.16. The first-order chi connectivity index (χ1) is 8.83. The molecule has 1 N–H and O–H groups in total. The highest BCUT2D eigenvalue weighted by Gasteiger charge is 2.10. The lowest BCUT2D eigenvalue weighted by Gasteiger charge is -2.18. The van der Waals surface area contributed by atoms with E-state index < -0.39 is 0 Å². The molecule has 0 bridgehead atoms. The zero-order valence-corrected chi connectivity index (χ0v) is 11.2. The minimum Gasteiger partial charge on any atom is -0.310 e. The molecule has 0 amide bonds. The second kappa shape index (κ2) is 6.36. The van der Waals surface area contributed by atoms with Crippen LogP contribution in [0.25, 0.3) is 11.1 Å². The molecule has 94 valence electrons. The average molecular weight is 239 g/mol. The lowest BCUT2D eigenvalue weighted by atomic mass is 9.95. The van der Waals surface area contributed by atoms with Crippen molar-refractivity contribution in [2.75, 3.05) is 6.54 Å². The molecule has 0 saturated heterocycles. The molecule has 0 aliphatic carbocycles. The topological polar surface area (TPSA) is 12.0 Å². The summed E-state index contributed by atoms with van der Waals surface area (Å²) in [5.74, 6) is 0. The SMILES string of the molecule is CCCNC(C)c1ccccc1-c1ccccc1. The predicted octanol–water partition coefficient (Wildman–Crippen LogP) is 4.41. The summed E-state index contributed by atoms with van der Waals surface area (Å²) in [4.78, 5) is 0. The van der Waals surface area contributed by atoms with Gasteiger partial charge in [0.05, 0.1) is 0 Å². The van der Waals surface area contributed by atoms with Gasteiger partial charge in [0.15, 0.2) is 0 Å². The van der Waals surface area contributed by atoms with Gasteiger partial charge in [-0.3, -0.25) is 0 Å². The Labute approximate surface area is 110 Å². The number of hydrogen-bond acceptors (Lipinski definition) is 1. The minimum absolute atomic E-state index is 0.390. The number of hydrogen-bond donors (Lipinski definition) is 1. The van der Waals surface area contributed by atoms with Gasteiger partial charge in [-0.15, -0.1) is 0 Å². The maximum absolute atomic E-state index is 3.56. The molecule has 0 aliphatic heterocycles. The quantitative estimate of drug-likeness (QED) is 0.814. The molecule has 0 radical (unpaired) electrons. The van der Waals surface area contributed by atoms with E-state index in [2.05, 4.69) is 73.8 Å². The maximum Gasteiger partial charge on any atom is 0.0297 e. The predicted molar refractivity (Wildman–Crippen MR) is 78.6 cm³/mol. The summed E-state index contributed by atoms with van der Waals surface area (Å²) >= 11 is 0. The first-order valence-electron chi connectivity index (χ1n) is 6.70. The molecule has 1 heteroatoms. The van der Waals surface area contributed by atoms with Crippen LogP contribution in [-0.2, 0) is 0 Å². The maximum atomic E-state index is 3.56. The molecular formula is C17H21N. The van der Waals surface area contributed by atoms with Gasteiger partial charge in [0.25, 0.3) is 0 Å². The van der Waals surface area contributed by atoms with E-state index in [1.165, 1.54) is 16.7 Å². The van der Waals surface area contributed by atoms with Crippen LogP contribution in [-0.4, -0.2) is 6.54 Å². The summed E-state index contributed by atoms with van der Waals surface area (Å²) in [6, 6.07) is 19.6. The van der Waals surface area contributed by atoms with Gasteiger partial charge in [-0.05, 0) is 36.6 Å². The largest absolute Gasteiger partial charge is 0.310 e. The third-order valence-corrected chi connectivity index (χ3v) is 3.21. The van der Waals surface area contributed by atoms with Crippen molar-refractivity contribution in [1.29, 1.82) is 0 Å². The van der Waals surface area contributed by atoms with Crippen LogP contribution < -0.4 is 5.32 Å². The van der Waals surface area contributed by atoms with Crippen LogP contribution in [0.15, 0.2) is 54.6 Å². The molecule has 0 heterocycles. The van der Waals surface area contributed by atoms with E-state index in [1.807, 2.05) is 0 Å². The number of benzene rings is 2. The van der Waals surface area contributed by atoms with Gasteiger partial charge in [-0.25, -0.2) is 0 Å².